The van der Waals surface area contributed by atoms with Crippen LogP contribution < -0.4 is 10.3 Å². The molecule has 0 amide bonds. The first-order valence-corrected chi connectivity index (χ1v) is 14.8. The highest BCUT2D eigenvalue weighted by atomic mass is 32.2. The van der Waals surface area contributed by atoms with E-state index in [4.69, 9.17) is 14.5 Å². The highest BCUT2D eigenvalue weighted by Gasteiger charge is 2.30. The Labute approximate surface area is 216 Å². The SMILES string of the molecule is CC(C)Oc1ccc(CSc2nc3sc4c(c3c(=O)n2C2CCCCC2)C[C@H](C(C)C)OC4)cc1. The predicted octanol–water partition coefficient (Wildman–Crippen LogP) is 7.14. The molecule has 1 saturated carbocycles. The second kappa shape index (κ2) is 10.7. The van der Waals surface area contributed by atoms with Crippen LogP contribution in [0.3, 0.4) is 0 Å². The lowest BCUT2D eigenvalue weighted by atomic mass is 9.94. The molecule has 1 fully saturated rings. The van der Waals surface area contributed by atoms with Crippen LogP contribution in [0.5, 0.6) is 5.75 Å². The first kappa shape index (κ1) is 24.8. The van der Waals surface area contributed by atoms with Crippen molar-refractivity contribution in [3.05, 3.63) is 50.6 Å². The van der Waals surface area contributed by atoms with Crippen molar-refractivity contribution in [3.8, 4) is 5.75 Å². The normalized spacial score (nSPS) is 19.0. The fourth-order valence-corrected chi connectivity index (χ4v) is 7.38. The molecule has 0 saturated heterocycles. The van der Waals surface area contributed by atoms with Gasteiger partial charge in [0.1, 0.15) is 10.6 Å². The molecule has 1 atom stereocenters. The second-order valence-electron chi connectivity index (χ2n) is 10.4. The quantitative estimate of drug-likeness (QED) is 0.249. The largest absolute Gasteiger partial charge is 0.491 e. The van der Waals surface area contributed by atoms with Crippen LogP contribution in [0, 0.1) is 5.92 Å². The Balaban J connectivity index is 1.49. The van der Waals surface area contributed by atoms with Gasteiger partial charge in [-0.1, -0.05) is 57.0 Å². The molecule has 1 aliphatic heterocycles. The lowest BCUT2D eigenvalue weighted by Gasteiger charge is -2.27. The van der Waals surface area contributed by atoms with E-state index in [1.165, 1.54) is 35.3 Å². The number of ether oxygens (including phenoxy) is 2. The lowest BCUT2D eigenvalue weighted by Crippen LogP contribution is -2.31. The monoisotopic (exact) mass is 512 g/mol. The number of thiophene rings is 1. The highest BCUT2D eigenvalue weighted by molar-refractivity contribution is 7.98. The lowest BCUT2D eigenvalue weighted by molar-refractivity contribution is 0.00200. The molecule has 2 aromatic heterocycles. The Morgan fingerprint density at radius 1 is 1.14 bits per heavy atom. The molecule has 5 nitrogen and oxygen atoms in total. The predicted molar refractivity (Wildman–Crippen MR) is 145 cm³/mol. The summed E-state index contributed by atoms with van der Waals surface area (Å²) in [5.74, 6) is 2.09. The summed E-state index contributed by atoms with van der Waals surface area (Å²) in [6.45, 7) is 9.05. The van der Waals surface area contributed by atoms with Crippen molar-refractivity contribution in [3.63, 3.8) is 0 Å². The number of nitrogens with zero attached hydrogens (tertiary/aromatic N) is 2. The molecule has 3 aromatic rings. The maximum absolute atomic E-state index is 14.1. The maximum Gasteiger partial charge on any atom is 0.263 e. The van der Waals surface area contributed by atoms with Crippen molar-refractivity contribution < 1.29 is 9.47 Å². The fraction of sp³-hybridized carbons (Fsp3) is 0.571. The number of fused-ring (bicyclic) bond motifs is 3. The molecule has 0 bridgehead atoms. The third kappa shape index (κ3) is 5.32. The number of hydrogen-bond donors (Lipinski definition) is 0. The van der Waals surface area contributed by atoms with E-state index >= 15 is 0 Å². The number of aromatic nitrogens is 2. The van der Waals surface area contributed by atoms with Gasteiger partial charge in [-0.3, -0.25) is 9.36 Å². The molecule has 2 aliphatic rings. The van der Waals surface area contributed by atoms with Gasteiger partial charge in [0.05, 0.1) is 24.2 Å². The van der Waals surface area contributed by atoms with Gasteiger partial charge in [-0.2, -0.15) is 0 Å². The maximum atomic E-state index is 14.1. The van der Waals surface area contributed by atoms with Crippen molar-refractivity contribution in [2.75, 3.05) is 0 Å². The molecule has 0 unspecified atom stereocenters. The summed E-state index contributed by atoms with van der Waals surface area (Å²) < 4.78 is 13.9. The van der Waals surface area contributed by atoms with Gasteiger partial charge in [-0.25, -0.2) is 4.98 Å². The first-order valence-electron chi connectivity index (χ1n) is 13.0. The van der Waals surface area contributed by atoms with Gasteiger partial charge < -0.3 is 9.47 Å². The molecule has 0 spiro atoms. The van der Waals surface area contributed by atoms with Crippen LogP contribution in [0.2, 0.25) is 0 Å². The summed E-state index contributed by atoms with van der Waals surface area (Å²) in [5, 5.41) is 1.71. The van der Waals surface area contributed by atoms with E-state index < -0.39 is 0 Å². The Bertz CT molecular complexity index is 1220. The van der Waals surface area contributed by atoms with Crippen LogP contribution in [0.4, 0.5) is 0 Å². The number of thioether (sulfide) groups is 1. The summed E-state index contributed by atoms with van der Waals surface area (Å²) in [7, 11) is 0. The minimum atomic E-state index is 0.159. The average Bonchev–Trinajstić information content (AvgIpc) is 3.21. The zero-order chi connectivity index (χ0) is 24.5. The molecule has 7 heteroatoms. The van der Waals surface area contributed by atoms with Crippen molar-refractivity contribution in [1.29, 1.82) is 0 Å². The minimum Gasteiger partial charge on any atom is -0.491 e. The third-order valence-corrected chi connectivity index (χ3v) is 9.21. The summed E-state index contributed by atoms with van der Waals surface area (Å²) in [4.78, 5) is 21.3. The molecule has 188 valence electrons. The highest BCUT2D eigenvalue weighted by Crippen LogP contribution is 2.38. The van der Waals surface area contributed by atoms with Crippen molar-refractivity contribution >= 4 is 33.3 Å². The molecule has 5 rings (SSSR count). The van der Waals surface area contributed by atoms with Gasteiger partial charge in [0.25, 0.3) is 5.56 Å². The van der Waals surface area contributed by atoms with Gasteiger partial charge >= 0.3 is 0 Å². The fourth-order valence-electron chi connectivity index (χ4n) is 5.20. The van der Waals surface area contributed by atoms with E-state index in [0.29, 0.717) is 12.5 Å². The topological polar surface area (TPSA) is 53.3 Å². The van der Waals surface area contributed by atoms with Crippen LogP contribution in [0.1, 0.15) is 81.8 Å². The number of benzene rings is 1. The Kier molecular flexibility index (Phi) is 7.56. The van der Waals surface area contributed by atoms with Gasteiger partial charge in [0.2, 0.25) is 0 Å². The van der Waals surface area contributed by atoms with Crippen LogP contribution in [-0.4, -0.2) is 21.8 Å². The van der Waals surface area contributed by atoms with Gasteiger partial charge in [-0.05, 0) is 55.9 Å². The zero-order valence-electron chi connectivity index (χ0n) is 21.2. The molecule has 3 heterocycles. The van der Waals surface area contributed by atoms with Crippen LogP contribution >= 0.6 is 23.1 Å². The van der Waals surface area contributed by atoms with E-state index in [9.17, 15) is 4.79 Å². The third-order valence-electron chi connectivity index (χ3n) is 7.09. The van der Waals surface area contributed by atoms with E-state index in [2.05, 4.69) is 30.5 Å². The van der Waals surface area contributed by atoms with Gasteiger partial charge in [-0.15, -0.1) is 11.3 Å². The summed E-state index contributed by atoms with van der Waals surface area (Å²) in [5.41, 5.74) is 2.55. The van der Waals surface area contributed by atoms with Crippen LogP contribution in [0.15, 0.2) is 34.2 Å². The van der Waals surface area contributed by atoms with Crippen molar-refractivity contribution in [1.82, 2.24) is 9.55 Å². The van der Waals surface area contributed by atoms with Crippen LogP contribution in [-0.2, 0) is 23.5 Å². The number of rotatable bonds is 7. The minimum absolute atomic E-state index is 0.159. The molecule has 1 aliphatic carbocycles. The Morgan fingerprint density at radius 2 is 1.89 bits per heavy atom. The molecule has 35 heavy (non-hydrogen) atoms. The Morgan fingerprint density at radius 3 is 2.57 bits per heavy atom. The average molecular weight is 513 g/mol. The Hall–Kier alpha value is -1.83. The van der Waals surface area contributed by atoms with E-state index in [0.717, 1.165) is 46.1 Å². The molecule has 0 N–H and O–H groups in total. The smallest absolute Gasteiger partial charge is 0.263 e. The van der Waals surface area contributed by atoms with Gasteiger partial charge in [0.15, 0.2) is 5.16 Å². The van der Waals surface area contributed by atoms with Gasteiger partial charge in [0, 0.05) is 23.1 Å². The molecule has 1 aromatic carbocycles. The molecule has 0 radical (unpaired) electrons. The molecular weight excluding hydrogens is 476 g/mol. The van der Waals surface area contributed by atoms with Crippen molar-refractivity contribution in [2.45, 2.75) is 102 Å². The molecular formula is C28H36N2O3S2. The van der Waals surface area contributed by atoms with E-state index in [1.807, 2.05) is 26.0 Å². The van der Waals surface area contributed by atoms with E-state index in [-0.39, 0.29) is 23.8 Å². The standard InChI is InChI=1S/C28H36N2O3S2/c1-17(2)23-14-22-24(15-32-23)35-26-25(22)27(31)30(20-8-6-5-7-9-20)28(29-26)34-16-19-10-12-21(13-11-19)33-18(3)4/h10-13,17-18,20,23H,5-9,14-16H2,1-4H3/t23-/m1/s1. The van der Waals surface area contributed by atoms with Crippen LogP contribution in [0.25, 0.3) is 10.2 Å². The van der Waals surface area contributed by atoms with Crippen molar-refractivity contribution in [2.24, 2.45) is 5.92 Å². The van der Waals surface area contributed by atoms with E-state index in [1.54, 1.807) is 23.1 Å². The summed E-state index contributed by atoms with van der Waals surface area (Å²) in [6, 6.07) is 8.52. The number of hydrogen-bond acceptors (Lipinski definition) is 6. The zero-order valence-corrected chi connectivity index (χ0v) is 22.8. The summed E-state index contributed by atoms with van der Waals surface area (Å²) in [6.07, 6.45) is 6.89. The second-order valence-corrected chi connectivity index (χ2v) is 12.5. The first-order chi connectivity index (χ1) is 16.9. The summed E-state index contributed by atoms with van der Waals surface area (Å²) >= 11 is 3.33.